The van der Waals surface area contributed by atoms with Crippen LogP contribution in [0.15, 0.2) is 18.3 Å². The average molecular weight is 272 g/mol. The van der Waals surface area contributed by atoms with E-state index in [0.29, 0.717) is 5.69 Å². The maximum atomic E-state index is 11.7. The minimum atomic E-state index is -0.398. The maximum Gasteiger partial charge on any atom is 0.319 e. The summed E-state index contributed by atoms with van der Waals surface area (Å²) in [6.45, 7) is 0.102. The molecular formula is C11H14ClN3O3. The Balaban J connectivity index is 2.47. The summed E-state index contributed by atoms with van der Waals surface area (Å²) in [7, 11) is 2.94. The van der Waals surface area contributed by atoms with E-state index in [-0.39, 0.29) is 24.1 Å². The first-order valence-electron chi connectivity index (χ1n) is 5.18. The predicted octanol–water partition coefficient (Wildman–Crippen LogP) is 0.778. The molecule has 1 heterocycles. The number of rotatable bonds is 5. The predicted molar refractivity (Wildman–Crippen MR) is 67.4 cm³/mol. The fourth-order valence-electron chi connectivity index (χ4n) is 1.26. The third kappa shape index (κ3) is 4.68. The number of esters is 1. The summed E-state index contributed by atoms with van der Waals surface area (Å²) in [5.74, 6) is -0.680. The Morgan fingerprint density at radius 2 is 2.22 bits per heavy atom. The van der Waals surface area contributed by atoms with Crippen LogP contribution >= 0.6 is 11.6 Å². The van der Waals surface area contributed by atoms with Gasteiger partial charge in [-0.05, 0) is 19.2 Å². The zero-order chi connectivity index (χ0) is 13.5. The van der Waals surface area contributed by atoms with E-state index in [1.54, 1.807) is 19.2 Å². The van der Waals surface area contributed by atoms with Gasteiger partial charge in [-0.2, -0.15) is 0 Å². The van der Waals surface area contributed by atoms with Gasteiger partial charge < -0.3 is 10.1 Å². The van der Waals surface area contributed by atoms with Crippen LogP contribution in [0.2, 0.25) is 5.15 Å². The molecule has 0 aromatic carbocycles. The number of likely N-dealkylation sites (N-methyl/N-ethyl adjacent to an activating group) is 1. The lowest BCUT2D eigenvalue weighted by Crippen LogP contribution is -2.34. The Bertz CT molecular complexity index is 439. The smallest absolute Gasteiger partial charge is 0.319 e. The number of aromatic nitrogens is 1. The number of nitrogens with zero attached hydrogens (tertiary/aromatic N) is 2. The second-order valence-corrected chi connectivity index (χ2v) is 4.00. The molecule has 0 radical (unpaired) electrons. The standard InChI is InChI=1S/C11H14ClN3O3/c1-15(7-10(17)18-2)6-9(16)14-8-4-3-5-13-11(8)12/h3-5H,6-7H2,1-2H3,(H,14,16). The molecule has 0 bridgehead atoms. The lowest BCUT2D eigenvalue weighted by molar-refractivity contribution is -0.141. The molecule has 0 aliphatic heterocycles. The molecule has 7 heteroatoms. The van der Waals surface area contributed by atoms with Crippen molar-refractivity contribution in [2.45, 2.75) is 0 Å². The summed E-state index contributed by atoms with van der Waals surface area (Å²) in [6.07, 6.45) is 1.53. The van der Waals surface area contributed by atoms with Crippen molar-refractivity contribution in [1.82, 2.24) is 9.88 Å². The molecule has 18 heavy (non-hydrogen) atoms. The van der Waals surface area contributed by atoms with Crippen LogP contribution in [-0.2, 0) is 14.3 Å². The lowest BCUT2D eigenvalue weighted by atomic mass is 10.4. The van der Waals surface area contributed by atoms with E-state index in [1.165, 1.54) is 18.2 Å². The molecule has 0 aliphatic rings. The highest BCUT2D eigenvalue weighted by atomic mass is 35.5. The maximum absolute atomic E-state index is 11.7. The van der Waals surface area contributed by atoms with Crippen LogP contribution < -0.4 is 5.32 Å². The van der Waals surface area contributed by atoms with Crippen molar-refractivity contribution in [1.29, 1.82) is 0 Å². The molecule has 1 amide bonds. The number of halogens is 1. The summed E-state index contributed by atoms with van der Waals surface area (Å²) in [6, 6.07) is 3.31. The number of hydrogen-bond donors (Lipinski definition) is 1. The van der Waals surface area contributed by atoms with Gasteiger partial charge in [-0.25, -0.2) is 4.98 Å². The van der Waals surface area contributed by atoms with Crippen molar-refractivity contribution in [3.63, 3.8) is 0 Å². The number of amides is 1. The number of nitrogens with one attached hydrogen (secondary N) is 1. The van der Waals surface area contributed by atoms with Crippen LogP contribution in [0.25, 0.3) is 0 Å². The Kier molecular flexibility index (Phi) is 5.54. The lowest BCUT2D eigenvalue weighted by Gasteiger charge is -2.14. The molecule has 0 saturated carbocycles. The Morgan fingerprint density at radius 1 is 1.50 bits per heavy atom. The van der Waals surface area contributed by atoms with Crippen molar-refractivity contribution in [3.8, 4) is 0 Å². The molecule has 98 valence electrons. The molecule has 0 atom stereocenters. The van der Waals surface area contributed by atoms with E-state index in [4.69, 9.17) is 11.6 Å². The second-order valence-electron chi connectivity index (χ2n) is 3.64. The van der Waals surface area contributed by atoms with Crippen molar-refractivity contribution >= 4 is 29.2 Å². The highest BCUT2D eigenvalue weighted by Gasteiger charge is 2.12. The topological polar surface area (TPSA) is 71.5 Å². The summed E-state index contributed by atoms with van der Waals surface area (Å²) >= 11 is 5.80. The molecule has 0 aliphatic carbocycles. The van der Waals surface area contributed by atoms with Gasteiger partial charge >= 0.3 is 5.97 Å². The van der Waals surface area contributed by atoms with Crippen molar-refractivity contribution in [3.05, 3.63) is 23.5 Å². The van der Waals surface area contributed by atoms with Gasteiger partial charge in [-0.15, -0.1) is 0 Å². The zero-order valence-electron chi connectivity index (χ0n) is 10.1. The number of hydrogen-bond acceptors (Lipinski definition) is 5. The average Bonchev–Trinajstić information content (AvgIpc) is 2.31. The number of ether oxygens (including phenoxy) is 1. The fraction of sp³-hybridized carbons (Fsp3) is 0.364. The molecular weight excluding hydrogens is 258 g/mol. The second kappa shape index (κ2) is 6.93. The third-order valence-corrected chi connectivity index (χ3v) is 2.37. The van der Waals surface area contributed by atoms with E-state index in [9.17, 15) is 9.59 Å². The molecule has 0 unspecified atom stereocenters. The number of carbonyl (C=O) groups is 2. The van der Waals surface area contributed by atoms with Crippen molar-refractivity contribution in [2.24, 2.45) is 0 Å². The van der Waals surface area contributed by atoms with Crippen LogP contribution in [0.4, 0.5) is 5.69 Å². The van der Waals surface area contributed by atoms with Crippen LogP contribution in [0.5, 0.6) is 0 Å². The van der Waals surface area contributed by atoms with E-state index in [2.05, 4.69) is 15.0 Å². The molecule has 1 N–H and O–H groups in total. The summed E-state index contributed by atoms with van der Waals surface area (Å²) in [4.78, 5) is 28.0. The van der Waals surface area contributed by atoms with Crippen LogP contribution in [0, 0.1) is 0 Å². The van der Waals surface area contributed by atoms with E-state index < -0.39 is 5.97 Å². The first-order valence-corrected chi connectivity index (χ1v) is 5.56. The molecule has 0 spiro atoms. The molecule has 1 rings (SSSR count). The van der Waals surface area contributed by atoms with Gasteiger partial charge in [0.1, 0.15) is 0 Å². The molecule has 1 aromatic rings. The summed E-state index contributed by atoms with van der Waals surface area (Å²) in [5, 5.41) is 2.83. The van der Waals surface area contributed by atoms with Gasteiger partial charge in [0.25, 0.3) is 0 Å². The van der Waals surface area contributed by atoms with Crippen LogP contribution in [0.3, 0.4) is 0 Å². The first kappa shape index (κ1) is 14.4. The van der Waals surface area contributed by atoms with Gasteiger partial charge in [0, 0.05) is 6.20 Å². The van der Waals surface area contributed by atoms with Crippen LogP contribution in [-0.4, -0.2) is 49.0 Å². The van der Waals surface area contributed by atoms with Gasteiger partial charge in [0.05, 0.1) is 25.9 Å². The SMILES string of the molecule is COC(=O)CN(C)CC(=O)Nc1cccnc1Cl. The monoisotopic (exact) mass is 271 g/mol. The zero-order valence-corrected chi connectivity index (χ0v) is 10.9. The Hall–Kier alpha value is -1.66. The van der Waals surface area contributed by atoms with Crippen molar-refractivity contribution in [2.75, 3.05) is 32.6 Å². The van der Waals surface area contributed by atoms with Gasteiger partial charge in [0.15, 0.2) is 5.15 Å². The summed E-state index contributed by atoms with van der Waals surface area (Å²) < 4.78 is 4.50. The molecule has 0 fully saturated rings. The quantitative estimate of drug-likeness (QED) is 0.633. The van der Waals surface area contributed by atoms with Gasteiger partial charge in [0.2, 0.25) is 5.91 Å². The minimum absolute atomic E-state index is 0.0463. The number of pyridine rings is 1. The highest BCUT2D eigenvalue weighted by molar-refractivity contribution is 6.32. The fourth-order valence-corrected chi connectivity index (χ4v) is 1.42. The van der Waals surface area contributed by atoms with Gasteiger partial charge in [-0.1, -0.05) is 11.6 Å². The van der Waals surface area contributed by atoms with Crippen LogP contribution in [0.1, 0.15) is 0 Å². The number of methoxy groups -OCH3 is 1. The first-order chi connectivity index (χ1) is 8.52. The van der Waals surface area contributed by atoms with Gasteiger partial charge in [-0.3, -0.25) is 14.5 Å². The van der Waals surface area contributed by atoms with E-state index in [0.717, 1.165) is 0 Å². The molecule has 1 aromatic heterocycles. The largest absolute Gasteiger partial charge is 0.468 e. The number of carbonyl (C=O) groups excluding carboxylic acids is 2. The molecule has 0 saturated heterocycles. The summed E-state index contributed by atoms with van der Waals surface area (Å²) in [5.41, 5.74) is 0.440. The van der Waals surface area contributed by atoms with E-state index >= 15 is 0 Å². The number of anilines is 1. The third-order valence-electron chi connectivity index (χ3n) is 2.07. The minimum Gasteiger partial charge on any atom is -0.468 e. The van der Waals surface area contributed by atoms with E-state index in [1.807, 2.05) is 0 Å². The Morgan fingerprint density at radius 3 is 2.83 bits per heavy atom. The molecule has 6 nitrogen and oxygen atoms in total. The Labute approximate surface area is 110 Å². The highest BCUT2D eigenvalue weighted by Crippen LogP contribution is 2.16. The van der Waals surface area contributed by atoms with Crippen molar-refractivity contribution < 1.29 is 14.3 Å². The normalized spacial score (nSPS) is 10.2.